The smallest absolute Gasteiger partial charge is 0.0386 e. The Morgan fingerprint density at radius 1 is 0.941 bits per heavy atom. The van der Waals surface area contributed by atoms with Crippen molar-refractivity contribution in [2.45, 2.75) is 6.04 Å². The van der Waals surface area contributed by atoms with Crippen LogP contribution < -0.4 is 5.73 Å². The summed E-state index contributed by atoms with van der Waals surface area (Å²) in [6.07, 6.45) is 2.08. The lowest BCUT2D eigenvalue weighted by Gasteiger charge is -2.11. The minimum atomic E-state index is 0.134. The number of rotatable bonds is 4. The molecule has 0 aliphatic carbocycles. The zero-order valence-electron chi connectivity index (χ0n) is 9.97. The third-order valence-corrected chi connectivity index (χ3v) is 3.48. The molecule has 0 heterocycles. The highest BCUT2D eigenvalue weighted by Gasteiger charge is 2.04. The minimum absolute atomic E-state index is 0.134. The molecule has 2 aromatic carbocycles. The molecule has 0 saturated heterocycles. The highest BCUT2D eigenvalue weighted by Crippen LogP contribution is 2.22. The summed E-state index contributed by atoms with van der Waals surface area (Å²) in [7, 11) is 0. The SMILES string of the molecule is CSCC(N)c1ccc(-c2ccccc2)cc1. The predicted octanol–water partition coefficient (Wildman–Crippen LogP) is 3.72. The lowest BCUT2D eigenvalue weighted by atomic mass is 10.0. The van der Waals surface area contributed by atoms with E-state index in [1.165, 1.54) is 16.7 Å². The largest absolute Gasteiger partial charge is 0.323 e. The third-order valence-electron chi connectivity index (χ3n) is 2.79. The van der Waals surface area contributed by atoms with Crippen molar-refractivity contribution in [2.24, 2.45) is 5.73 Å². The average Bonchev–Trinajstić information content (AvgIpc) is 2.40. The molecule has 0 amide bonds. The van der Waals surface area contributed by atoms with Crippen molar-refractivity contribution in [3.05, 3.63) is 60.2 Å². The molecule has 88 valence electrons. The van der Waals surface area contributed by atoms with Crippen molar-refractivity contribution < 1.29 is 0 Å². The van der Waals surface area contributed by atoms with Gasteiger partial charge in [0.05, 0.1) is 0 Å². The van der Waals surface area contributed by atoms with Gasteiger partial charge in [0, 0.05) is 11.8 Å². The Bertz CT molecular complexity index is 450. The van der Waals surface area contributed by atoms with Gasteiger partial charge in [-0.25, -0.2) is 0 Å². The van der Waals surface area contributed by atoms with E-state index in [-0.39, 0.29) is 6.04 Å². The van der Waals surface area contributed by atoms with Crippen LogP contribution in [-0.2, 0) is 0 Å². The van der Waals surface area contributed by atoms with E-state index in [0.29, 0.717) is 0 Å². The second kappa shape index (κ2) is 5.89. The van der Waals surface area contributed by atoms with Crippen molar-refractivity contribution in [3.8, 4) is 11.1 Å². The predicted molar refractivity (Wildman–Crippen MR) is 77.2 cm³/mol. The fourth-order valence-corrected chi connectivity index (χ4v) is 2.38. The molecule has 1 unspecified atom stereocenters. The monoisotopic (exact) mass is 243 g/mol. The van der Waals surface area contributed by atoms with Crippen molar-refractivity contribution in [1.82, 2.24) is 0 Å². The molecule has 2 N–H and O–H groups in total. The topological polar surface area (TPSA) is 26.0 Å². The minimum Gasteiger partial charge on any atom is -0.323 e. The van der Waals surface area contributed by atoms with E-state index in [0.717, 1.165) is 5.75 Å². The summed E-state index contributed by atoms with van der Waals surface area (Å²) in [6.45, 7) is 0. The second-order valence-corrected chi connectivity index (χ2v) is 4.96. The van der Waals surface area contributed by atoms with Gasteiger partial charge >= 0.3 is 0 Å². The summed E-state index contributed by atoms with van der Waals surface area (Å²) in [5, 5.41) is 0. The summed E-state index contributed by atoms with van der Waals surface area (Å²) in [5.41, 5.74) is 9.77. The van der Waals surface area contributed by atoms with E-state index in [1.54, 1.807) is 11.8 Å². The molecule has 0 saturated carbocycles. The number of nitrogens with two attached hydrogens (primary N) is 1. The van der Waals surface area contributed by atoms with Gasteiger partial charge in [0.25, 0.3) is 0 Å². The van der Waals surface area contributed by atoms with E-state index in [1.807, 2.05) is 6.07 Å². The first kappa shape index (κ1) is 12.2. The van der Waals surface area contributed by atoms with E-state index < -0.39 is 0 Å². The second-order valence-electron chi connectivity index (χ2n) is 4.05. The van der Waals surface area contributed by atoms with E-state index in [2.05, 4.69) is 54.8 Å². The van der Waals surface area contributed by atoms with Crippen LogP contribution in [0, 0.1) is 0 Å². The Kier molecular flexibility index (Phi) is 4.24. The van der Waals surface area contributed by atoms with Crippen molar-refractivity contribution >= 4 is 11.8 Å². The molecule has 2 heteroatoms. The quantitative estimate of drug-likeness (QED) is 0.885. The molecule has 1 nitrogen and oxygen atoms in total. The van der Waals surface area contributed by atoms with Gasteiger partial charge in [0.2, 0.25) is 0 Å². The summed E-state index contributed by atoms with van der Waals surface area (Å²) in [5.74, 6) is 0.963. The Morgan fingerprint density at radius 3 is 2.12 bits per heavy atom. The van der Waals surface area contributed by atoms with Crippen LogP contribution in [0.2, 0.25) is 0 Å². The summed E-state index contributed by atoms with van der Waals surface area (Å²) in [4.78, 5) is 0. The van der Waals surface area contributed by atoms with Gasteiger partial charge in [0.15, 0.2) is 0 Å². The molecule has 0 spiro atoms. The average molecular weight is 243 g/mol. The Balaban J connectivity index is 2.19. The fourth-order valence-electron chi connectivity index (χ4n) is 1.83. The van der Waals surface area contributed by atoms with Crippen molar-refractivity contribution in [1.29, 1.82) is 0 Å². The fraction of sp³-hybridized carbons (Fsp3) is 0.200. The van der Waals surface area contributed by atoms with Crippen LogP contribution in [0.5, 0.6) is 0 Å². The maximum Gasteiger partial charge on any atom is 0.0386 e. The van der Waals surface area contributed by atoms with Gasteiger partial charge in [-0.15, -0.1) is 0 Å². The van der Waals surface area contributed by atoms with Crippen LogP contribution in [0.4, 0.5) is 0 Å². The number of benzene rings is 2. The normalized spacial score (nSPS) is 12.4. The van der Waals surface area contributed by atoms with Crippen LogP contribution in [0.15, 0.2) is 54.6 Å². The van der Waals surface area contributed by atoms with E-state index >= 15 is 0 Å². The lowest BCUT2D eigenvalue weighted by molar-refractivity contribution is 0.833. The zero-order valence-corrected chi connectivity index (χ0v) is 10.8. The molecular weight excluding hydrogens is 226 g/mol. The molecular formula is C15H17NS. The maximum absolute atomic E-state index is 6.07. The first-order valence-electron chi connectivity index (χ1n) is 5.71. The van der Waals surface area contributed by atoms with Gasteiger partial charge in [-0.2, -0.15) is 11.8 Å². The van der Waals surface area contributed by atoms with Crippen LogP contribution in [-0.4, -0.2) is 12.0 Å². The highest BCUT2D eigenvalue weighted by molar-refractivity contribution is 7.98. The van der Waals surface area contributed by atoms with Crippen molar-refractivity contribution in [3.63, 3.8) is 0 Å². The number of hydrogen-bond donors (Lipinski definition) is 1. The van der Waals surface area contributed by atoms with Crippen LogP contribution in [0.3, 0.4) is 0 Å². The Hall–Kier alpha value is -1.25. The number of thioether (sulfide) groups is 1. The van der Waals surface area contributed by atoms with E-state index in [9.17, 15) is 0 Å². The van der Waals surface area contributed by atoms with Gasteiger partial charge in [0.1, 0.15) is 0 Å². The molecule has 0 aromatic heterocycles. The molecule has 0 aliphatic rings. The first-order chi connectivity index (χ1) is 8.31. The standard InChI is InChI=1S/C15H17NS/c1-17-11-15(16)14-9-7-13(8-10-14)12-5-3-2-4-6-12/h2-10,15H,11,16H2,1H3. The molecule has 0 radical (unpaired) electrons. The molecule has 2 aromatic rings. The van der Waals surface area contributed by atoms with Gasteiger partial charge in [-0.05, 0) is 22.9 Å². The van der Waals surface area contributed by atoms with Crippen LogP contribution in [0.1, 0.15) is 11.6 Å². The molecule has 2 rings (SSSR count). The zero-order chi connectivity index (χ0) is 12.1. The van der Waals surface area contributed by atoms with Crippen molar-refractivity contribution in [2.75, 3.05) is 12.0 Å². The van der Waals surface area contributed by atoms with Crippen LogP contribution in [0.25, 0.3) is 11.1 Å². The number of hydrogen-bond acceptors (Lipinski definition) is 2. The Morgan fingerprint density at radius 2 is 1.53 bits per heavy atom. The maximum atomic E-state index is 6.07. The summed E-state index contributed by atoms with van der Waals surface area (Å²) in [6, 6.07) is 19.1. The molecule has 0 aliphatic heterocycles. The summed E-state index contributed by atoms with van der Waals surface area (Å²) < 4.78 is 0. The summed E-state index contributed by atoms with van der Waals surface area (Å²) >= 11 is 1.78. The molecule has 0 fully saturated rings. The highest BCUT2D eigenvalue weighted by atomic mass is 32.2. The molecule has 17 heavy (non-hydrogen) atoms. The van der Waals surface area contributed by atoms with Gasteiger partial charge in [-0.3, -0.25) is 0 Å². The third kappa shape index (κ3) is 3.11. The van der Waals surface area contributed by atoms with Gasteiger partial charge in [-0.1, -0.05) is 54.6 Å². The molecule has 0 bridgehead atoms. The lowest BCUT2D eigenvalue weighted by Crippen LogP contribution is -2.12. The first-order valence-corrected chi connectivity index (χ1v) is 7.10. The van der Waals surface area contributed by atoms with Gasteiger partial charge < -0.3 is 5.73 Å². The van der Waals surface area contributed by atoms with Crippen LogP contribution >= 0.6 is 11.8 Å². The Labute approximate surface area is 107 Å². The molecule has 1 atom stereocenters. The van der Waals surface area contributed by atoms with E-state index in [4.69, 9.17) is 5.73 Å².